The number of allylic oxidation sites excluding steroid dienone is 2. The van der Waals surface area contributed by atoms with Crippen molar-refractivity contribution in [2.75, 3.05) is 13.2 Å². The third-order valence-corrected chi connectivity index (χ3v) is 4.97. The molecule has 0 bridgehead atoms. The predicted octanol–water partition coefficient (Wildman–Crippen LogP) is 2.81. The number of nitriles is 3. The summed E-state index contributed by atoms with van der Waals surface area (Å²) in [6, 6.07) is 5.78. The zero-order valence-electron chi connectivity index (χ0n) is 16.4. The van der Waals surface area contributed by atoms with Gasteiger partial charge in [0.25, 0.3) is 0 Å². The highest BCUT2D eigenvalue weighted by atomic mass is 16.5. The van der Waals surface area contributed by atoms with Gasteiger partial charge in [0.1, 0.15) is 5.92 Å². The molecule has 0 spiro atoms. The number of carbonyl (C=O) groups excluding carboxylic acids is 2. The lowest BCUT2D eigenvalue weighted by molar-refractivity contribution is -0.144. The van der Waals surface area contributed by atoms with E-state index in [0.29, 0.717) is 5.57 Å². The van der Waals surface area contributed by atoms with Crippen molar-refractivity contribution in [1.29, 1.82) is 21.2 Å². The van der Waals surface area contributed by atoms with Gasteiger partial charge in [-0.2, -0.15) is 15.8 Å². The van der Waals surface area contributed by atoms with Crippen LogP contribution in [0.25, 0.3) is 0 Å². The Morgan fingerprint density at radius 3 is 2.11 bits per heavy atom. The van der Waals surface area contributed by atoms with Crippen LogP contribution in [-0.2, 0) is 19.1 Å². The molecular weight excluding hydrogens is 360 g/mol. The molecule has 0 radical (unpaired) electrons. The van der Waals surface area contributed by atoms with Gasteiger partial charge >= 0.3 is 11.9 Å². The Morgan fingerprint density at radius 2 is 1.64 bits per heavy atom. The van der Waals surface area contributed by atoms with Crippen molar-refractivity contribution in [1.82, 2.24) is 0 Å². The maximum Gasteiger partial charge on any atom is 0.306 e. The highest BCUT2D eigenvalue weighted by Crippen LogP contribution is 2.51. The molecule has 0 aromatic rings. The zero-order valence-corrected chi connectivity index (χ0v) is 16.4. The summed E-state index contributed by atoms with van der Waals surface area (Å²) in [5.74, 6) is -1.98. The van der Waals surface area contributed by atoms with Gasteiger partial charge in [-0.05, 0) is 26.7 Å². The Morgan fingerprint density at radius 1 is 1.11 bits per heavy atom. The van der Waals surface area contributed by atoms with E-state index >= 15 is 0 Å². The monoisotopic (exact) mass is 384 g/mol. The molecule has 1 N–H and O–H groups in total. The number of carbonyl (C=O) groups is 2. The molecule has 1 rings (SSSR count). The molecule has 148 valence electrons. The first-order valence-electron chi connectivity index (χ1n) is 9.09. The van der Waals surface area contributed by atoms with Crippen LogP contribution in [0.1, 0.15) is 46.5 Å². The van der Waals surface area contributed by atoms with Crippen molar-refractivity contribution in [3.05, 3.63) is 11.6 Å². The number of esters is 2. The van der Waals surface area contributed by atoms with Crippen molar-refractivity contribution in [2.24, 2.45) is 16.7 Å². The fourth-order valence-corrected chi connectivity index (χ4v) is 3.41. The van der Waals surface area contributed by atoms with E-state index < -0.39 is 28.7 Å². The Hall–Kier alpha value is -3.18. The zero-order chi connectivity index (χ0) is 21.4. The van der Waals surface area contributed by atoms with Crippen molar-refractivity contribution in [3.8, 4) is 18.2 Å². The second kappa shape index (κ2) is 9.67. The van der Waals surface area contributed by atoms with Gasteiger partial charge in [0.15, 0.2) is 5.41 Å². The van der Waals surface area contributed by atoms with Gasteiger partial charge in [0, 0.05) is 18.3 Å². The van der Waals surface area contributed by atoms with Gasteiger partial charge in [0.2, 0.25) is 0 Å². The summed E-state index contributed by atoms with van der Waals surface area (Å²) in [5.41, 5.74) is -2.91. The van der Waals surface area contributed by atoms with Gasteiger partial charge in [-0.1, -0.05) is 18.6 Å². The quantitative estimate of drug-likeness (QED) is 0.499. The molecule has 1 unspecified atom stereocenters. The summed E-state index contributed by atoms with van der Waals surface area (Å²) in [6.07, 6.45) is 1.86. The minimum atomic E-state index is -1.88. The van der Waals surface area contributed by atoms with Gasteiger partial charge in [0.05, 0.1) is 37.1 Å². The standard InChI is InChI=1S/C20H24N4O4/c1-4-27-16(25)7-6-14-10-19(3,9-8-17(26)28-5-2)20(12-22,13-23)18(24)15(14)11-21/h10,15,24H,4-9H2,1-3H3/t15?,19-/m0/s1. The Bertz CT molecular complexity index is 782. The Kier molecular flexibility index (Phi) is 7.89. The van der Waals surface area contributed by atoms with E-state index in [4.69, 9.17) is 14.9 Å². The highest BCUT2D eigenvalue weighted by Gasteiger charge is 2.57. The molecule has 8 heteroatoms. The first-order valence-corrected chi connectivity index (χ1v) is 9.09. The van der Waals surface area contributed by atoms with E-state index in [1.165, 1.54) is 0 Å². The molecule has 1 aliphatic carbocycles. The minimum absolute atomic E-state index is 0.0190. The maximum atomic E-state index is 11.8. The molecule has 0 aliphatic heterocycles. The van der Waals surface area contributed by atoms with E-state index in [1.807, 2.05) is 18.2 Å². The number of nitrogens with zero attached hydrogens (tertiary/aromatic N) is 3. The van der Waals surface area contributed by atoms with E-state index in [2.05, 4.69) is 0 Å². The van der Waals surface area contributed by atoms with E-state index in [0.717, 1.165) is 0 Å². The van der Waals surface area contributed by atoms with Crippen LogP contribution in [0.5, 0.6) is 0 Å². The molecular formula is C20H24N4O4. The van der Waals surface area contributed by atoms with Crippen LogP contribution in [0.2, 0.25) is 0 Å². The van der Waals surface area contributed by atoms with Crippen molar-refractivity contribution in [3.63, 3.8) is 0 Å². The summed E-state index contributed by atoms with van der Waals surface area (Å²) in [7, 11) is 0. The number of nitrogens with one attached hydrogen (secondary N) is 1. The fraction of sp³-hybridized carbons (Fsp3) is 0.600. The van der Waals surface area contributed by atoms with Gasteiger partial charge in [-0.25, -0.2) is 0 Å². The van der Waals surface area contributed by atoms with Crippen molar-refractivity contribution in [2.45, 2.75) is 46.5 Å². The molecule has 28 heavy (non-hydrogen) atoms. The van der Waals surface area contributed by atoms with Crippen LogP contribution in [-0.4, -0.2) is 30.9 Å². The highest BCUT2D eigenvalue weighted by molar-refractivity contribution is 6.00. The number of hydrogen-bond donors (Lipinski definition) is 1. The summed E-state index contributed by atoms with van der Waals surface area (Å²) < 4.78 is 9.82. The SMILES string of the molecule is CCOC(=O)CCC1=C[C@](C)(CCC(=O)OCC)C(C#N)(C#N)C(=N)C1C#N. The fourth-order valence-electron chi connectivity index (χ4n) is 3.41. The summed E-state index contributed by atoms with van der Waals surface area (Å²) in [4.78, 5) is 23.5. The molecule has 0 fully saturated rings. The average molecular weight is 384 g/mol. The maximum absolute atomic E-state index is 11.8. The lowest BCUT2D eigenvalue weighted by atomic mass is 9.54. The molecule has 0 saturated carbocycles. The molecule has 0 saturated heterocycles. The third-order valence-electron chi connectivity index (χ3n) is 4.97. The van der Waals surface area contributed by atoms with E-state index in [-0.39, 0.29) is 44.6 Å². The molecule has 8 nitrogen and oxygen atoms in total. The second-order valence-electron chi connectivity index (χ2n) is 6.70. The minimum Gasteiger partial charge on any atom is -0.466 e. The second-order valence-corrected chi connectivity index (χ2v) is 6.70. The normalized spacial score (nSPS) is 22.8. The number of rotatable bonds is 8. The van der Waals surface area contributed by atoms with Crippen LogP contribution in [0.15, 0.2) is 11.6 Å². The van der Waals surface area contributed by atoms with Crippen LogP contribution in [0, 0.1) is 56.2 Å². The molecule has 0 aromatic heterocycles. The molecule has 0 heterocycles. The van der Waals surface area contributed by atoms with E-state index in [1.54, 1.807) is 26.8 Å². The number of ether oxygens (including phenoxy) is 2. The Labute approximate surface area is 164 Å². The summed E-state index contributed by atoms with van der Waals surface area (Å²) in [5, 5.41) is 37.5. The van der Waals surface area contributed by atoms with Crippen molar-refractivity contribution < 1.29 is 19.1 Å². The van der Waals surface area contributed by atoms with Crippen LogP contribution in [0.3, 0.4) is 0 Å². The molecule has 0 aromatic carbocycles. The van der Waals surface area contributed by atoms with Gasteiger partial charge < -0.3 is 14.9 Å². The average Bonchev–Trinajstić information content (AvgIpc) is 2.66. The first-order chi connectivity index (χ1) is 13.2. The van der Waals surface area contributed by atoms with Crippen LogP contribution < -0.4 is 0 Å². The van der Waals surface area contributed by atoms with Crippen LogP contribution in [0.4, 0.5) is 0 Å². The lowest BCUT2D eigenvalue weighted by Gasteiger charge is -2.43. The van der Waals surface area contributed by atoms with Gasteiger partial charge in [-0.3, -0.25) is 9.59 Å². The smallest absolute Gasteiger partial charge is 0.306 e. The third kappa shape index (κ3) is 4.38. The molecule has 0 amide bonds. The summed E-state index contributed by atoms with van der Waals surface area (Å²) >= 11 is 0. The topological polar surface area (TPSA) is 148 Å². The summed E-state index contributed by atoms with van der Waals surface area (Å²) in [6.45, 7) is 5.43. The largest absolute Gasteiger partial charge is 0.466 e. The number of hydrogen-bond acceptors (Lipinski definition) is 8. The molecule has 1 aliphatic rings. The van der Waals surface area contributed by atoms with Gasteiger partial charge in [-0.15, -0.1) is 0 Å². The van der Waals surface area contributed by atoms with Crippen molar-refractivity contribution >= 4 is 17.7 Å². The molecule has 2 atom stereocenters. The lowest BCUT2D eigenvalue weighted by Crippen LogP contribution is -2.49. The van der Waals surface area contributed by atoms with E-state index in [9.17, 15) is 25.4 Å². The first kappa shape index (κ1) is 22.9. The van der Waals surface area contributed by atoms with Crippen LogP contribution >= 0.6 is 0 Å². The predicted molar refractivity (Wildman–Crippen MR) is 98.4 cm³/mol. The Balaban J connectivity index is 3.33.